The molecule has 10 aromatic rings. The number of benzene rings is 8. The molecule has 0 unspecified atom stereocenters. The maximum atomic E-state index is 5.24. The van der Waals surface area contributed by atoms with Gasteiger partial charge in [0, 0.05) is 33.3 Å². The van der Waals surface area contributed by atoms with Crippen molar-refractivity contribution in [1.82, 2.24) is 24.5 Å². The quantitative estimate of drug-likeness (QED) is 0.174. The normalized spacial score (nSPS) is 11.5. The van der Waals surface area contributed by atoms with E-state index in [2.05, 4.69) is 144 Å². The zero-order valence-electron chi connectivity index (χ0n) is 27.5. The van der Waals surface area contributed by atoms with E-state index < -0.39 is 0 Å². The number of fused-ring (bicyclic) bond motifs is 6. The maximum Gasteiger partial charge on any atom is 0.164 e. The van der Waals surface area contributed by atoms with E-state index >= 15 is 0 Å². The van der Waals surface area contributed by atoms with Crippen LogP contribution in [0.15, 0.2) is 176 Å². The lowest BCUT2D eigenvalue weighted by Gasteiger charge is -2.13. The van der Waals surface area contributed by atoms with Crippen LogP contribution in [0.2, 0.25) is 0 Å². The van der Waals surface area contributed by atoms with Crippen molar-refractivity contribution in [3.05, 3.63) is 176 Å². The van der Waals surface area contributed by atoms with Crippen LogP contribution in [-0.2, 0) is 0 Å². The fraction of sp³-hybridized carbons (Fsp3) is 0. The van der Waals surface area contributed by atoms with Crippen LogP contribution >= 0.6 is 0 Å². The van der Waals surface area contributed by atoms with E-state index in [9.17, 15) is 0 Å². The lowest BCUT2D eigenvalue weighted by molar-refractivity contribution is 1.08. The molecule has 0 aliphatic heterocycles. The molecule has 0 saturated carbocycles. The molecule has 5 heteroatoms. The Morgan fingerprint density at radius 3 is 1.61 bits per heavy atom. The minimum absolute atomic E-state index is 0.625. The Kier molecular flexibility index (Phi) is 6.74. The lowest BCUT2D eigenvalue weighted by Crippen LogP contribution is -2.00. The van der Waals surface area contributed by atoms with Gasteiger partial charge in [-0.05, 0) is 57.3 Å². The first-order chi connectivity index (χ1) is 25.3. The van der Waals surface area contributed by atoms with Gasteiger partial charge in [0.2, 0.25) is 0 Å². The molecular weight excluding hydrogens is 623 g/mol. The van der Waals surface area contributed by atoms with Crippen LogP contribution < -0.4 is 0 Å². The molecule has 2 aromatic heterocycles. The third-order valence-electron chi connectivity index (χ3n) is 9.60. The van der Waals surface area contributed by atoms with E-state index in [1.165, 1.54) is 5.39 Å². The first kappa shape index (κ1) is 29.0. The average Bonchev–Trinajstić information content (AvgIpc) is 3.61. The number of para-hydroxylation sites is 1. The largest absolute Gasteiger partial charge is 0.292 e. The Morgan fingerprint density at radius 1 is 0.353 bits per heavy atom. The molecule has 2 heterocycles. The number of rotatable bonds is 5. The van der Waals surface area contributed by atoms with E-state index in [4.69, 9.17) is 19.9 Å². The summed E-state index contributed by atoms with van der Waals surface area (Å²) in [4.78, 5) is 20.4. The second-order valence-corrected chi connectivity index (χ2v) is 12.7. The van der Waals surface area contributed by atoms with Crippen LogP contribution in [0.3, 0.4) is 0 Å². The van der Waals surface area contributed by atoms with Crippen LogP contribution in [-0.4, -0.2) is 24.5 Å². The average molecular weight is 652 g/mol. The van der Waals surface area contributed by atoms with Crippen LogP contribution in [0.1, 0.15) is 0 Å². The van der Waals surface area contributed by atoms with E-state index in [0.29, 0.717) is 17.5 Å². The van der Waals surface area contributed by atoms with Gasteiger partial charge in [-0.1, -0.05) is 146 Å². The predicted molar refractivity (Wildman–Crippen MR) is 209 cm³/mol. The molecule has 8 aromatic carbocycles. The van der Waals surface area contributed by atoms with Crippen molar-refractivity contribution in [3.63, 3.8) is 0 Å². The number of imidazole rings is 1. The van der Waals surface area contributed by atoms with Crippen LogP contribution in [0.25, 0.3) is 94.6 Å². The first-order valence-corrected chi connectivity index (χ1v) is 17.1. The second kappa shape index (κ2) is 11.9. The van der Waals surface area contributed by atoms with Gasteiger partial charge in [0.05, 0.1) is 11.0 Å². The SMILES string of the molecule is c1ccc(-c2nc(-c3ccc4ccccc4c3)nc(-c3ccc4ccc5ccc6nc(-c7ccccc7)n(-c7ccccc7)c6c5c4c3)n2)cc1. The van der Waals surface area contributed by atoms with Gasteiger partial charge in [0.1, 0.15) is 5.82 Å². The summed E-state index contributed by atoms with van der Waals surface area (Å²) in [5, 5.41) is 6.84. The molecule has 0 N–H and O–H groups in total. The third kappa shape index (κ3) is 5.03. The van der Waals surface area contributed by atoms with E-state index in [1.807, 2.05) is 36.4 Å². The van der Waals surface area contributed by atoms with Gasteiger partial charge < -0.3 is 0 Å². The zero-order chi connectivity index (χ0) is 33.7. The Labute approximate surface area is 294 Å². The van der Waals surface area contributed by atoms with Crippen molar-refractivity contribution in [2.75, 3.05) is 0 Å². The molecule has 0 amide bonds. The summed E-state index contributed by atoms with van der Waals surface area (Å²) in [5.74, 6) is 2.81. The minimum Gasteiger partial charge on any atom is -0.292 e. The standard InChI is InChI=1S/C46H29N5/c1-4-13-33(14-5-1)43-48-44(36-24-20-30-12-10-11-17-35(30)28-36)50-45(49-43)37-25-22-31-21-23-32-26-27-40-42(41(32)39(31)29-37)51(38-18-8-3-9-19-38)46(47-40)34-15-6-2-7-16-34/h1-29H. The summed E-state index contributed by atoms with van der Waals surface area (Å²) in [5.41, 5.74) is 6.93. The highest BCUT2D eigenvalue weighted by molar-refractivity contribution is 6.20. The molecule has 0 aliphatic carbocycles. The molecule has 0 spiro atoms. The summed E-state index contributed by atoms with van der Waals surface area (Å²) in [6, 6.07) is 61.0. The summed E-state index contributed by atoms with van der Waals surface area (Å²) < 4.78 is 2.30. The van der Waals surface area contributed by atoms with Crippen molar-refractivity contribution < 1.29 is 0 Å². The molecule has 238 valence electrons. The Morgan fingerprint density at radius 2 is 0.882 bits per heavy atom. The van der Waals surface area contributed by atoms with Crippen molar-refractivity contribution in [2.45, 2.75) is 0 Å². The predicted octanol–water partition coefficient (Wildman–Crippen LogP) is 11.3. The molecule has 0 radical (unpaired) electrons. The monoisotopic (exact) mass is 651 g/mol. The lowest BCUT2D eigenvalue weighted by atomic mass is 9.98. The number of hydrogen-bond donors (Lipinski definition) is 0. The van der Waals surface area contributed by atoms with E-state index in [0.717, 1.165) is 71.7 Å². The van der Waals surface area contributed by atoms with Crippen LogP contribution in [0.5, 0.6) is 0 Å². The van der Waals surface area contributed by atoms with Crippen molar-refractivity contribution in [2.24, 2.45) is 0 Å². The smallest absolute Gasteiger partial charge is 0.164 e. The summed E-state index contributed by atoms with van der Waals surface area (Å²) in [7, 11) is 0. The zero-order valence-corrected chi connectivity index (χ0v) is 27.5. The van der Waals surface area contributed by atoms with Crippen LogP contribution in [0.4, 0.5) is 0 Å². The fourth-order valence-electron chi connectivity index (χ4n) is 7.13. The summed E-state index contributed by atoms with van der Waals surface area (Å²) >= 11 is 0. The van der Waals surface area contributed by atoms with E-state index in [1.54, 1.807) is 0 Å². The highest BCUT2D eigenvalue weighted by Gasteiger charge is 2.19. The molecular formula is C46H29N5. The molecule has 5 nitrogen and oxygen atoms in total. The van der Waals surface area contributed by atoms with Gasteiger partial charge in [0.25, 0.3) is 0 Å². The molecule has 0 atom stereocenters. The molecule has 10 rings (SSSR count). The molecule has 0 aliphatic rings. The third-order valence-corrected chi connectivity index (χ3v) is 9.60. The summed E-state index contributed by atoms with van der Waals surface area (Å²) in [6.45, 7) is 0. The fourth-order valence-corrected chi connectivity index (χ4v) is 7.13. The molecule has 0 bridgehead atoms. The Balaban J connectivity index is 1.24. The van der Waals surface area contributed by atoms with Crippen molar-refractivity contribution in [1.29, 1.82) is 0 Å². The number of hydrogen-bond acceptors (Lipinski definition) is 4. The maximum absolute atomic E-state index is 5.24. The Bertz CT molecular complexity index is 2900. The van der Waals surface area contributed by atoms with Crippen LogP contribution in [0, 0.1) is 0 Å². The highest BCUT2D eigenvalue weighted by Crippen LogP contribution is 2.38. The van der Waals surface area contributed by atoms with E-state index in [-0.39, 0.29) is 0 Å². The first-order valence-electron chi connectivity index (χ1n) is 17.1. The topological polar surface area (TPSA) is 56.5 Å². The minimum atomic E-state index is 0.625. The highest BCUT2D eigenvalue weighted by atomic mass is 15.1. The molecule has 51 heavy (non-hydrogen) atoms. The van der Waals surface area contributed by atoms with Gasteiger partial charge in [0.15, 0.2) is 17.5 Å². The molecule has 0 saturated heterocycles. The number of aromatic nitrogens is 5. The van der Waals surface area contributed by atoms with Gasteiger partial charge >= 0.3 is 0 Å². The second-order valence-electron chi connectivity index (χ2n) is 12.7. The van der Waals surface area contributed by atoms with Gasteiger partial charge in [-0.2, -0.15) is 0 Å². The van der Waals surface area contributed by atoms with Gasteiger partial charge in [-0.3, -0.25) is 4.57 Å². The molecule has 0 fully saturated rings. The van der Waals surface area contributed by atoms with Gasteiger partial charge in [-0.15, -0.1) is 0 Å². The van der Waals surface area contributed by atoms with Crippen molar-refractivity contribution in [3.8, 4) is 51.2 Å². The van der Waals surface area contributed by atoms with Gasteiger partial charge in [-0.25, -0.2) is 19.9 Å². The number of nitrogens with zero attached hydrogens (tertiary/aromatic N) is 5. The van der Waals surface area contributed by atoms with Crippen molar-refractivity contribution >= 4 is 43.4 Å². The Hall–Kier alpha value is -6.98. The summed E-state index contributed by atoms with van der Waals surface area (Å²) in [6.07, 6.45) is 0.